The Labute approximate surface area is 116 Å². The van der Waals surface area contributed by atoms with Crippen molar-refractivity contribution in [1.82, 2.24) is 4.90 Å². The van der Waals surface area contributed by atoms with Gasteiger partial charge in [-0.1, -0.05) is 31.3 Å². The van der Waals surface area contributed by atoms with Crippen molar-refractivity contribution in [3.8, 4) is 0 Å². The molecular weight excluding hydrogens is 331 g/mol. The van der Waals surface area contributed by atoms with Crippen molar-refractivity contribution in [2.45, 2.75) is 19.9 Å². The van der Waals surface area contributed by atoms with E-state index in [-0.39, 0.29) is 0 Å². The van der Waals surface area contributed by atoms with Crippen LogP contribution in [0.15, 0.2) is 24.3 Å². The van der Waals surface area contributed by atoms with Gasteiger partial charge in [0, 0.05) is 16.7 Å². The van der Waals surface area contributed by atoms with E-state index in [1.165, 1.54) is 9.13 Å². The van der Waals surface area contributed by atoms with Crippen molar-refractivity contribution in [3.05, 3.63) is 33.4 Å². The molecule has 2 N–H and O–H groups in total. The molecule has 0 radical (unpaired) electrons. The summed E-state index contributed by atoms with van der Waals surface area (Å²) in [5.41, 5.74) is 6.90. The largest absolute Gasteiger partial charge is 0.392 e. The molecule has 0 heterocycles. The molecule has 0 fully saturated rings. The standard InChI is InChI=1S/C12H17IN2S/c1-2-7-15(9-12(14)16)8-10-3-5-11(13)6-4-10/h3-6H,2,7-9H2,1H3,(H2,14,16). The maximum absolute atomic E-state index is 5.59. The Hall–Kier alpha value is -0.200. The van der Waals surface area contributed by atoms with Gasteiger partial charge in [0.05, 0.1) is 4.99 Å². The smallest absolute Gasteiger partial charge is 0.0870 e. The van der Waals surface area contributed by atoms with Crippen LogP contribution >= 0.6 is 34.8 Å². The highest BCUT2D eigenvalue weighted by Crippen LogP contribution is 2.09. The minimum Gasteiger partial charge on any atom is -0.392 e. The van der Waals surface area contributed by atoms with Gasteiger partial charge in [0.15, 0.2) is 0 Å². The number of hydrogen-bond acceptors (Lipinski definition) is 2. The molecule has 1 aromatic rings. The van der Waals surface area contributed by atoms with Gasteiger partial charge in [-0.05, 0) is 53.3 Å². The van der Waals surface area contributed by atoms with Crippen molar-refractivity contribution < 1.29 is 0 Å². The highest BCUT2D eigenvalue weighted by Gasteiger charge is 2.05. The minimum absolute atomic E-state index is 0.568. The lowest BCUT2D eigenvalue weighted by atomic mass is 10.2. The van der Waals surface area contributed by atoms with Crippen molar-refractivity contribution in [3.63, 3.8) is 0 Å². The third-order valence-electron chi connectivity index (χ3n) is 2.24. The second kappa shape index (κ2) is 7.19. The highest BCUT2D eigenvalue weighted by molar-refractivity contribution is 14.1. The molecule has 0 spiro atoms. The molecule has 0 aliphatic heterocycles. The molecule has 0 unspecified atom stereocenters. The van der Waals surface area contributed by atoms with E-state index >= 15 is 0 Å². The molecule has 16 heavy (non-hydrogen) atoms. The Morgan fingerprint density at radius 2 is 2.00 bits per heavy atom. The van der Waals surface area contributed by atoms with E-state index in [0.717, 1.165) is 19.5 Å². The molecule has 2 nitrogen and oxygen atoms in total. The topological polar surface area (TPSA) is 29.3 Å². The maximum atomic E-state index is 5.59. The minimum atomic E-state index is 0.568. The zero-order valence-corrected chi connectivity index (χ0v) is 12.4. The van der Waals surface area contributed by atoms with Gasteiger partial charge in [0.1, 0.15) is 0 Å². The SMILES string of the molecule is CCCN(CC(N)=S)Cc1ccc(I)cc1. The third kappa shape index (κ3) is 5.23. The first-order valence-corrected chi connectivity index (χ1v) is 6.85. The molecular formula is C12H17IN2S. The van der Waals surface area contributed by atoms with Gasteiger partial charge in [-0.15, -0.1) is 0 Å². The zero-order chi connectivity index (χ0) is 12.0. The molecule has 0 amide bonds. The first-order valence-electron chi connectivity index (χ1n) is 5.37. The molecule has 4 heteroatoms. The van der Waals surface area contributed by atoms with Crippen LogP contribution in [-0.4, -0.2) is 23.0 Å². The molecule has 88 valence electrons. The van der Waals surface area contributed by atoms with E-state index in [4.69, 9.17) is 18.0 Å². The van der Waals surface area contributed by atoms with Crippen LogP contribution in [0.25, 0.3) is 0 Å². The molecule has 0 saturated heterocycles. The Morgan fingerprint density at radius 1 is 1.38 bits per heavy atom. The Morgan fingerprint density at radius 3 is 2.50 bits per heavy atom. The number of thiocarbonyl (C=S) groups is 1. The lowest BCUT2D eigenvalue weighted by Gasteiger charge is -2.20. The number of hydrogen-bond donors (Lipinski definition) is 1. The highest BCUT2D eigenvalue weighted by atomic mass is 127. The molecule has 0 aliphatic rings. The van der Waals surface area contributed by atoms with E-state index in [1.807, 2.05) is 0 Å². The normalized spacial score (nSPS) is 10.7. The van der Waals surface area contributed by atoms with Gasteiger partial charge in [0.25, 0.3) is 0 Å². The Kier molecular flexibility index (Phi) is 6.23. The van der Waals surface area contributed by atoms with E-state index in [1.54, 1.807) is 0 Å². The second-order valence-corrected chi connectivity index (χ2v) is 5.57. The fraction of sp³-hybridized carbons (Fsp3) is 0.417. The quantitative estimate of drug-likeness (QED) is 0.633. The number of halogens is 1. The van der Waals surface area contributed by atoms with Gasteiger partial charge in [-0.3, -0.25) is 4.90 Å². The predicted octanol–water partition coefficient (Wildman–Crippen LogP) is 2.79. The molecule has 0 bridgehead atoms. The lowest BCUT2D eigenvalue weighted by molar-refractivity contribution is 0.304. The summed E-state index contributed by atoms with van der Waals surface area (Å²) in [4.78, 5) is 2.85. The van der Waals surface area contributed by atoms with E-state index in [2.05, 4.69) is 58.7 Å². The summed E-state index contributed by atoms with van der Waals surface area (Å²) in [6.45, 7) is 4.82. The van der Waals surface area contributed by atoms with Gasteiger partial charge in [-0.25, -0.2) is 0 Å². The summed E-state index contributed by atoms with van der Waals surface area (Å²) in [5, 5.41) is 0. The average Bonchev–Trinajstić information content (AvgIpc) is 2.21. The van der Waals surface area contributed by atoms with Gasteiger partial charge >= 0.3 is 0 Å². The van der Waals surface area contributed by atoms with E-state index in [9.17, 15) is 0 Å². The van der Waals surface area contributed by atoms with Crippen LogP contribution in [0.1, 0.15) is 18.9 Å². The van der Waals surface area contributed by atoms with Crippen LogP contribution in [0.2, 0.25) is 0 Å². The molecule has 1 rings (SSSR count). The fourth-order valence-corrected chi connectivity index (χ4v) is 2.14. The van der Waals surface area contributed by atoms with E-state index < -0.39 is 0 Å². The monoisotopic (exact) mass is 348 g/mol. The summed E-state index contributed by atoms with van der Waals surface area (Å²) in [7, 11) is 0. The molecule has 0 aromatic heterocycles. The van der Waals surface area contributed by atoms with E-state index in [0.29, 0.717) is 11.5 Å². The fourth-order valence-electron chi connectivity index (χ4n) is 1.60. The van der Waals surface area contributed by atoms with Crippen molar-refractivity contribution >= 4 is 39.8 Å². The number of benzene rings is 1. The van der Waals surface area contributed by atoms with Crippen LogP contribution in [0, 0.1) is 3.57 Å². The van der Waals surface area contributed by atoms with Crippen LogP contribution in [0.3, 0.4) is 0 Å². The molecule has 0 saturated carbocycles. The third-order valence-corrected chi connectivity index (χ3v) is 3.09. The summed E-state index contributed by atoms with van der Waals surface area (Å²) in [6.07, 6.45) is 1.12. The van der Waals surface area contributed by atoms with Crippen molar-refractivity contribution in [2.24, 2.45) is 5.73 Å². The lowest BCUT2D eigenvalue weighted by Crippen LogP contribution is -2.32. The van der Waals surface area contributed by atoms with Crippen molar-refractivity contribution in [1.29, 1.82) is 0 Å². The Balaban J connectivity index is 2.59. The first-order chi connectivity index (χ1) is 7.61. The van der Waals surface area contributed by atoms with Crippen LogP contribution in [0.5, 0.6) is 0 Å². The van der Waals surface area contributed by atoms with Crippen molar-refractivity contribution in [2.75, 3.05) is 13.1 Å². The van der Waals surface area contributed by atoms with Gasteiger partial charge in [0.2, 0.25) is 0 Å². The van der Waals surface area contributed by atoms with Gasteiger partial charge < -0.3 is 5.73 Å². The second-order valence-electron chi connectivity index (χ2n) is 3.80. The summed E-state index contributed by atoms with van der Waals surface area (Å²) in [5.74, 6) is 0. The molecule has 1 aromatic carbocycles. The average molecular weight is 348 g/mol. The molecule has 0 atom stereocenters. The number of nitrogens with two attached hydrogens (primary N) is 1. The van der Waals surface area contributed by atoms with Crippen LogP contribution < -0.4 is 5.73 Å². The van der Waals surface area contributed by atoms with Gasteiger partial charge in [-0.2, -0.15) is 0 Å². The summed E-state index contributed by atoms with van der Waals surface area (Å²) in [6, 6.07) is 8.57. The summed E-state index contributed by atoms with van der Waals surface area (Å²) >= 11 is 7.27. The van der Waals surface area contributed by atoms with Crippen LogP contribution in [0.4, 0.5) is 0 Å². The zero-order valence-electron chi connectivity index (χ0n) is 9.45. The number of nitrogens with zero attached hydrogens (tertiary/aromatic N) is 1. The maximum Gasteiger partial charge on any atom is 0.0870 e. The molecule has 0 aliphatic carbocycles. The summed E-state index contributed by atoms with van der Waals surface area (Å²) < 4.78 is 1.26. The van der Waals surface area contributed by atoms with Crippen LogP contribution in [-0.2, 0) is 6.54 Å². The Bertz CT molecular complexity index is 337. The number of rotatable bonds is 6. The first kappa shape index (κ1) is 13.9. The predicted molar refractivity (Wildman–Crippen MR) is 81.5 cm³/mol.